The van der Waals surface area contributed by atoms with Crippen LogP contribution in [0, 0.1) is 0 Å². The van der Waals surface area contributed by atoms with Crippen LogP contribution in [0.25, 0.3) is 16.7 Å². The van der Waals surface area contributed by atoms with E-state index in [0.29, 0.717) is 22.2 Å². The van der Waals surface area contributed by atoms with Gasteiger partial charge in [-0.25, -0.2) is 4.79 Å². The Morgan fingerprint density at radius 2 is 2.00 bits per heavy atom. The summed E-state index contributed by atoms with van der Waals surface area (Å²) < 4.78 is 12.5. The van der Waals surface area contributed by atoms with Gasteiger partial charge >= 0.3 is 5.63 Å². The first kappa shape index (κ1) is 17.9. The Morgan fingerprint density at radius 1 is 1.17 bits per heavy atom. The lowest BCUT2D eigenvalue weighted by atomic mass is 10.0. The molecule has 0 saturated heterocycles. The number of rotatable bonds is 5. The quantitative estimate of drug-likeness (QED) is 0.370. The molecule has 146 valence electrons. The summed E-state index contributed by atoms with van der Waals surface area (Å²) >= 11 is 1.47. The van der Waals surface area contributed by atoms with E-state index in [-0.39, 0.29) is 5.63 Å². The zero-order valence-electron chi connectivity index (χ0n) is 15.8. The molecule has 2 heterocycles. The number of ether oxygens (including phenoxy) is 1. The van der Waals surface area contributed by atoms with Gasteiger partial charge in [0, 0.05) is 17.2 Å². The Balaban J connectivity index is 1.50. The maximum atomic E-state index is 12.1. The zero-order valence-corrected chi connectivity index (χ0v) is 16.6. The summed E-state index contributed by atoms with van der Waals surface area (Å²) in [6.07, 6.45) is 3.26. The van der Waals surface area contributed by atoms with Crippen LogP contribution in [-0.2, 0) is 18.6 Å². The third kappa shape index (κ3) is 3.29. The third-order valence-corrected chi connectivity index (χ3v) is 6.12. The molecule has 5 rings (SSSR count). The second kappa shape index (κ2) is 7.36. The minimum absolute atomic E-state index is 0.338. The lowest BCUT2D eigenvalue weighted by Gasteiger charge is -2.10. The number of hydrogen-bond donors (Lipinski definition) is 0. The Hall–Kier alpha value is -3.13. The van der Waals surface area contributed by atoms with Gasteiger partial charge < -0.3 is 9.15 Å². The van der Waals surface area contributed by atoms with E-state index in [9.17, 15) is 4.79 Å². The van der Waals surface area contributed by atoms with Gasteiger partial charge in [0.1, 0.15) is 17.0 Å². The van der Waals surface area contributed by atoms with E-state index in [1.807, 2.05) is 30.3 Å². The van der Waals surface area contributed by atoms with Crippen molar-refractivity contribution in [1.82, 2.24) is 20.2 Å². The normalized spacial score (nSPS) is 13.0. The molecule has 0 saturated carbocycles. The first-order valence-corrected chi connectivity index (χ1v) is 10.3. The fraction of sp³-hybridized carbons (Fsp3) is 0.238. The summed E-state index contributed by atoms with van der Waals surface area (Å²) in [7, 11) is 1.61. The smallest absolute Gasteiger partial charge is 0.336 e. The first-order chi connectivity index (χ1) is 14.2. The van der Waals surface area contributed by atoms with Crippen LogP contribution in [0.4, 0.5) is 0 Å². The molecule has 4 aromatic rings. The fourth-order valence-corrected chi connectivity index (χ4v) is 4.66. The van der Waals surface area contributed by atoms with Gasteiger partial charge in [0.05, 0.1) is 7.11 Å². The van der Waals surface area contributed by atoms with Crippen molar-refractivity contribution in [1.29, 1.82) is 0 Å². The van der Waals surface area contributed by atoms with Gasteiger partial charge in [-0.1, -0.05) is 23.9 Å². The molecule has 8 heteroatoms. The van der Waals surface area contributed by atoms with Crippen LogP contribution < -0.4 is 10.4 Å². The van der Waals surface area contributed by atoms with Crippen molar-refractivity contribution in [3.63, 3.8) is 0 Å². The molecule has 1 aliphatic carbocycles. The highest BCUT2D eigenvalue weighted by Crippen LogP contribution is 2.32. The van der Waals surface area contributed by atoms with Crippen LogP contribution in [-0.4, -0.2) is 27.3 Å². The number of methoxy groups -OCH3 is 1. The predicted molar refractivity (Wildman–Crippen MR) is 110 cm³/mol. The van der Waals surface area contributed by atoms with Crippen molar-refractivity contribution in [3.05, 3.63) is 69.6 Å². The Kier molecular flexibility index (Phi) is 4.55. The minimum Gasteiger partial charge on any atom is -0.494 e. The maximum absolute atomic E-state index is 12.1. The summed E-state index contributed by atoms with van der Waals surface area (Å²) in [5.41, 5.74) is 4.62. The molecule has 2 aromatic carbocycles. The molecule has 0 N–H and O–H groups in total. The molecule has 0 amide bonds. The number of fused-ring (bicyclic) bond motifs is 2. The number of benzene rings is 2. The summed E-state index contributed by atoms with van der Waals surface area (Å²) in [5.74, 6) is 1.24. The molecule has 7 nitrogen and oxygen atoms in total. The lowest BCUT2D eigenvalue weighted by molar-refractivity contribution is 0.410. The molecule has 0 aliphatic heterocycles. The van der Waals surface area contributed by atoms with Gasteiger partial charge in [-0.3, -0.25) is 0 Å². The van der Waals surface area contributed by atoms with Crippen LogP contribution in [0.1, 0.15) is 23.1 Å². The highest BCUT2D eigenvalue weighted by molar-refractivity contribution is 7.98. The molecule has 0 unspecified atom stereocenters. The Bertz CT molecular complexity index is 1260. The lowest BCUT2D eigenvalue weighted by Crippen LogP contribution is -2.03. The van der Waals surface area contributed by atoms with E-state index in [2.05, 4.69) is 21.6 Å². The highest BCUT2D eigenvalue weighted by atomic mass is 32.2. The van der Waals surface area contributed by atoms with Crippen LogP contribution in [0.2, 0.25) is 0 Å². The number of aromatic nitrogens is 4. The van der Waals surface area contributed by atoms with Crippen LogP contribution in [0.5, 0.6) is 5.75 Å². The Morgan fingerprint density at radius 3 is 2.86 bits per heavy atom. The molecule has 0 radical (unpaired) electrons. The maximum Gasteiger partial charge on any atom is 0.336 e. The monoisotopic (exact) mass is 406 g/mol. The van der Waals surface area contributed by atoms with Crippen molar-refractivity contribution in [2.75, 3.05) is 7.11 Å². The summed E-state index contributed by atoms with van der Waals surface area (Å²) in [4.78, 5) is 12.1. The van der Waals surface area contributed by atoms with E-state index in [1.54, 1.807) is 17.9 Å². The summed E-state index contributed by atoms with van der Waals surface area (Å²) in [6.45, 7) is 0. The van der Waals surface area contributed by atoms with Crippen LogP contribution in [0.3, 0.4) is 0 Å². The van der Waals surface area contributed by atoms with E-state index < -0.39 is 0 Å². The van der Waals surface area contributed by atoms with E-state index in [0.717, 1.165) is 35.9 Å². The number of thioether (sulfide) groups is 1. The topological polar surface area (TPSA) is 83.0 Å². The second-order valence-electron chi connectivity index (χ2n) is 6.90. The van der Waals surface area contributed by atoms with Gasteiger partial charge in [-0.15, -0.1) is 5.10 Å². The number of hydrogen-bond acceptors (Lipinski definition) is 7. The van der Waals surface area contributed by atoms with Gasteiger partial charge in [0.2, 0.25) is 5.16 Å². The standard InChI is InChI=1S/C21H18N4O3S/c1-27-18-8-3-2-7-17(18)25-21(22-23-24-25)29-12-15-11-20(26)28-19-10-14-6-4-5-13(14)9-16(15)19/h2-3,7-11H,4-6,12H2,1H3. The van der Waals surface area contributed by atoms with Crippen molar-refractivity contribution >= 4 is 22.7 Å². The van der Waals surface area contributed by atoms with Gasteiger partial charge in [0.15, 0.2) is 0 Å². The Labute approximate surface area is 170 Å². The predicted octanol–water partition coefficient (Wildman–Crippen LogP) is 3.56. The molecule has 0 atom stereocenters. The largest absolute Gasteiger partial charge is 0.494 e. The van der Waals surface area contributed by atoms with Crippen molar-refractivity contribution in [2.45, 2.75) is 30.2 Å². The van der Waals surface area contributed by atoms with E-state index >= 15 is 0 Å². The average molecular weight is 406 g/mol. The highest BCUT2D eigenvalue weighted by Gasteiger charge is 2.17. The SMILES string of the molecule is COc1ccccc1-n1nnnc1SCc1cc(=O)oc2cc3c(cc12)CCC3. The average Bonchev–Trinajstić information content (AvgIpc) is 3.39. The molecule has 0 fully saturated rings. The molecular formula is C21H18N4O3S. The van der Waals surface area contributed by atoms with Crippen LogP contribution in [0.15, 0.2) is 56.8 Å². The van der Waals surface area contributed by atoms with Crippen molar-refractivity contribution in [3.8, 4) is 11.4 Å². The number of tetrazole rings is 1. The summed E-state index contributed by atoms with van der Waals surface area (Å²) in [5, 5.41) is 13.7. The number of para-hydroxylation sites is 2. The van der Waals surface area contributed by atoms with Crippen molar-refractivity contribution in [2.24, 2.45) is 0 Å². The van der Waals surface area contributed by atoms with Crippen molar-refractivity contribution < 1.29 is 9.15 Å². The van der Waals surface area contributed by atoms with Crippen LogP contribution >= 0.6 is 11.8 Å². The van der Waals surface area contributed by atoms with Gasteiger partial charge in [-0.2, -0.15) is 4.68 Å². The molecule has 0 bridgehead atoms. The second-order valence-corrected chi connectivity index (χ2v) is 7.84. The molecular weight excluding hydrogens is 388 g/mol. The zero-order chi connectivity index (χ0) is 19.8. The number of nitrogens with zero attached hydrogens (tertiary/aromatic N) is 4. The third-order valence-electron chi connectivity index (χ3n) is 5.15. The number of aryl methyl sites for hydroxylation is 2. The van der Waals surface area contributed by atoms with Gasteiger partial charge in [-0.05, 0) is 70.6 Å². The first-order valence-electron chi connectivity index (χ1n) is 9.36. The van der Waals surface area contributed by atoms with Gasteiger partial charge in [0.25, 0.3) is 0 Å². The summed E-state index contributed by atoms with van der Waals surface area (Å²) in [6, 6.07) is 13.3. The molecule has 29 heavy (non-hydrogen) atoms. The van der Waals surface area contributed by atoms with E-state index in [4.69, 9.17) is 9.15 Å². The fourth-order valence-electron chi connectivity index (χ4n) is 3.78. The molecule has 0 spiro atoms. The minimum atomic E-state index is -0.338. The molecule has 2 aromatic heterocycles. The van der Waals surface area contributed by atoms with E-state index in [1.165, 1.54) is 22.9 Å². The molecule has 1 aliphatic rings.